The van der Waals surface area contributed by atoms with E-state index in [1.54, 1.807) is 12.1 Å². The summed E-state index contributed by atoms with van der Waals surface area (Å²) in [4.78, 5) is 12.6. The van der Waals surface area contributed by atoms with Crippen LogP contribution in [0.4, 0.5) is 0 Å². The van der Waals surface area contributed by atoms with Gasteiger partial charge in [0.1, 0.15) is 5.75 Å². The summed E-state index contributed by atoms with van der Waals surface area (Å²) >= 11 is 0. The first-order valence-electron chi connectivity index (χ1n) is 8.92. The quantitative estimate of drug-likeness (QED) is 0.839. The normalized spacial score (nSPS) is 16.7. The molecule has 0 spiro atoms. The van der Waals surface area contributed by atoms with Crippen molar-refractivity contribution in [3.63, 3.8) is 0 Å². The molecule has 0 bridgehead atoms. The zero-order valence-electron chi connectivity index (χ0n) is 14.8. The zero-order chi connectivity index (χ0) is 18.7. The van der Waals surface area contributed by atoms with Crippen LogP contribution in [-0.2, 0) is 10.0 Å². The number of fused-ring (bicyclic) bond motifs is 1. The van der Waals surface area contributed by atoms with Crippen molar-refractivity contribution in [1.29, 1.82) is 0 Å². The minimum atomic E-state index is -3.19. The van der Waals surface area contributed by atoms with Gasteiger partial charge in [0.15, 0.2) is 0 Å². The van der Waals surface area contributed by atoms with E-state index in [9.17, 15) is 18.3 Å². The molecule has 2 aromatic rings. The first-order valence-corrected chi connectivity index (χ1v) is 10.5. The maximum absolute atomic E-state index is 12.6. The molecule has 0 aromatic heterocycles. The molecule has 3 rings (SSSR count). The minimum Gasteiger partial charge on any atom is -0.506 e. The van der Waals surface area contributed by atoms with Gasteiger partial charge in [0.05, 0.1) is 11.3 Å². The van der Waals surface area contributed by atoms with Crippen LogP contribution in [0.25, 0.3) is 10.8 Å². The maximum atomic E-state index is 12.6. The predicted octanol–water partition coefficient (Wildman–Crippen LogP) is 2.48. The van der Waals surface area contributed by atoms with E-state index in [0.717, 1.165) is 5.39 Å². The third kappa shape index (κ3) is 3.83. The number of sulfonamides is 1. The smallest absolute Gasteiger partial charge is 0.255 e. The van der Waals surface area contributed by atoms with E-state index in [0.29, 0.717) is 37.7 Å². The Morgan fingerprint density at radius 2 is 1.88 bits per heavy atom. The van der Waals surface area contributed by atoms with Gasteiger partial charge < -0.3 is 10.4 Å². The molecular formula is C19H24N2O4S. The highest BCUT2D eigenvalue weighted by Gasteiger charge is 2.28. The van der Waals surface area contributed by atoms with Crippen LogP contribution >= 0.6 is 0 Å². The molecule has 140 valence electrons. The molecule has 2 aromatic carbocycles. The van der Waals surface area contributed by atoms with Crippen molar-refractivity contribution in [2.45, 2.75) is 32.2 Å². The molecule has 1 amide bonds. The van der Waals surface area contributed by atoms with Crippen LogP contribution in [0.5, 0.6) is 5.75 Å². The molecule has 0 saturated carbocycles. The molecule has 1 aliphatic rings. The summed E-state index contributed by atoms with van der Waals surface area (Å²) in [7, 11) is -3.19. The SMILES string of the molecule is CCCS(=O)(=O)N1CCC(NC(=O)c2ccc3ccccc3c2O)CC1. The number of piperidine rings is 1. The van der Waals surface area contributed by atoms with E-state index in [4.69, 9.17) is 0 Å². The topological polar surface area (TPSA) is 86.7 Å². The maximum Gasteiger partial charge on any atom is 0.255 e. The highest BCUT2D eigenvalue weighted by molar-refractivity contribution is 7.89. The van der Waals surface area contributed by atoms with Gasteiger partial charge in [0.25, 0.3) is 5.91 Å². The van der Waals surface area contributed by atoms with Gasteiger partial charge in [-0.2, -0.15) is 0 Å². The number of hydrogen-bond acceptors (Lipinski definition) is 4. The Balaban J connectivity index is 1.66. The van der Waals surface area contributed by atoms with Gasteiger partial charge in [-0.3, -0.25) is 4.79 Å². The van der Waals surface area contributed by atoms with E-state index >= 15 is 0 Å². The van der Waals surface area contributed by atoms with Crippen molar-refractivity contribution in [3.8, 4) is 5.75 Å². The summed E-state index contributed by atoms with van der Waals surface area (Å²) < 4.78 is 25.7. The molecule has 0 unspecified atom stereocenters. The Kier molecular flexibility index (Phi) is 5.48. The van der Waals surface area contributed by atoms with Gasteiger partial charge in [-0.1, -0.05) is 37.3 Å². The molecule has 0 atom stereocenters. The fraction of sp³-hybridized carbons (Fsp3) is 0.421. The summed E-state index contributed by atoms with van der Waals surface area (Å²) in [6, 6.07) is 10.7. The van der Waals surface area contributed by atoms with Crippen LogP contribution < -0.4 is 5.32 Å². The Morgan fingerprint density at radius 3 is 2.58 bits per heavy atom. The number of carbonyl (C=O) groups is 1. The van der Waals surface area contributed by atoms with Gasteiger partial charge >= 0.3 is 0 Å². The lowest BCUT2D eigenvalue weighted by atomic mass is 10.0. The Morgan fingerprint density at radius 1 is 1.19 bits per heavy atom. The summed E-state index contributed by atoms with van der Waals surface area (Å²) in [5, 5.41) is 14.8. The molecular weight excluding hydrogens is 352 g/mol. The van der Waals surface area contributed by atoms with Gasteiger partial charge in [-0.05, 0) is 30.7 Å². The van der Waals surface area contributed by atoms with E-state index in [-0.39, 0.29) is 29.0 Å². The highest BCUT2D eigenvalue weighted by Crippen LogP contribution is 2.28. The van der Waals surface area contributed by atoms with Gasteiger partial charge in [0, 0.05) is 24.5 Å². The highest BCUT2D eigenvalue weighted by atomic mass is 32.2. The molecule has 0 radical (unpaired) electrons. The molecule has 6 nitrogen and oxygen atoms in total. The standard InChI is InChI=1S/C19H24N2O4S/c1-2-13-26(24,25)21-11-9-15(10-12-21)20-19(23)17-8-7-14-5-3-4-6-16(14)18(17)22/h3-8,15,22H,2,9-13H2,1H3,(H,20,23). The van der Waals surface area contributed by atoms with Crippen molar-refractivity contribution in [2.75, 3.05) is 18.8 Å². The Labute approximate surface area is 153 Å². The molecule has 1 fully saturated rings. The summed E-state index contributed by atoms with van der Waals surface area (Å²) in [6.45, 7) is 2.68. The Hall–Kier alpha value is -2.12. The van der Waals surface area contributed by atoms with Crippen LogP contribution in [0.15, 0.2) is 36.4 Å². The number of hydrogen-bond donors (Lipinski definition) is 2. The third-order valence-electron chi connectivity index (χ3n) is 4.79. The summed E-state index contributed by atoms with van der Waals surface area (Å²) in [5.74, 6) is -0.193. The van der Waals surface area contributed by atoms with Crippen molar-refractivity contribution >= 4 is 26.7 Å². The molecule has 1 heterocycles. The number of aromatic hydroxyl groups is 1. The molecule has 0 aliphatic carbocycles. The van der Waals surface area contributed by atoms with Gasteiger partial charge in [-0.25, -0.2) is 12.7 Å². The minimum absolute atomic E-state index is 0.0245. The number of phenols is 1. The second kappa shape index (κ2) is 7.63. The lowest BCUT2D eigenvalue weighted by Gasteiger charge is -2.31. The van der Waals surface area contributed by atoms with Crippen LogP contribution in [0.3, 0.4) is 0 Å². The van der Waals surface area contributed by atoms with Crippen LogP contribution in [0.1, 0.15) is 36.5 Å². The van der Waals surface area contributed by atoms with Crippen molar-refractivity contribution in [1.82, 2.24) is 9.62 Å². The first kappa shape index (κ1) is 18.7. The average Bonchev–Trinajstić information content (AvgIpc) is 2.62. The van der Waals surface area contributed by atoms with Crippen molar-refractivity contribution < 1.29 is 18.3 Å². The Bertz CT molecular complexity index is 903. The number of nitrogens with one attached hydrogen (secondary N) is 1. The average molecular weight is 376 g/mol. The predicted molar refractivity (Wildman–Crippen MR) is 102 cm³/mol. The fourth-order valence-corrected chi connectivity index (χ4v) is 4.91. The fourth-order valence-electron chi connectivity index (χ4n) is 3.37. The van der Waals surface area contributed by atoms with E-state index in [2.05, 4.69) is 5.32 Å². The van der Waals surface area contributed by atoms with E-state index in [1.807, 2.05) is 31.2 Å². The molecule has 1 aliphatic heterocycles. The molecule has 7 heteroatoms. The molecule has 26 heavy (non-hydrogen) atoms. The largest absolute Gasteiger partial charge is 0.506 e. The second-order valence-corrected chi connectivity index (χ2v) is 8.73. The van der Waals surface area contributed by atoms with Crippen LogP contribution in [0.2, 0.25) is 0 Å². The van der Waals surface area contributed by atoms with Gasteiger partial charge in [0.2, 0.25) is 10.0 Å². The van der Waals surface area contributed by atoms with Gasteiger partial charge in [-0.15, -0.1) is 0 Å². The summed E-state index contributed by atoms with van der Waals surface area (Å²) in [6.07, 6.45) is 1.74. The van der Waals surface area contributed by atoms with Crippen molar-refractivity contribution in [2.24, 2.45) is 0 Å². The summed E-state index contributed by atoms with van der Waals surface area (Å²) in [5.41, 5.74) is 0.240. The van der Waals surface area contributed by atoms with Crippen molar-refractivity contribution in [3.05, 3.63) is 42.0 Å². The number of benzene rings is 2. The number of amides is 1. The number of nitrogens with zero attached hydrogens (tertiary/aromatic N) is 1. The van der Waals surface area contributed by atoms with Crippen LogP contribution in [0, 0.1) is 0 Å². The number of phenolic OH excluding ortho intramolecular Hbond substituents is 1. The number of carbonyl (C=O) groups excluding carboxylic acids is 1. The third-order valence-corrected chi connectivity index (χ3v) is 6.87. The van der Waals surface area contributed by atoms with Crippen LogP contribution in [-0.4, -0.2) is 48.6 Å². The molecule has 2 N–H and O–H groups in total. The van der Waals surface area contributed by atoms with E-state index < -0.39 is 10.0 Å². The zero-order valence-corrected chi connectivity index (χ0v) is 15.6. The van der Waals surface area contributed by atoms with E-state index in [1.165, 1.54) is 4.31 Å². The lowest BCUT2D eigenvalue weighted by Crippen LogP contribution is -2.47. The lowest BCUT2D eigenvalue weighted by molar-refractivity contribution is 0.0921. The first-order chi connectivity index (χ1) is 12.4. The monoisotopic (exact) mass is 376 g/mol. The molecule has 1 saturated heterocycles. The second-order valence-electron chi connectivity index (χ2n) is 6.65. The number of rotatable bonds is 5.